The van der Waals surface area contributed by atoms with Gasteiger partial charge in [-0.2, -0.15) is 0 Å². The van der Waals surface area contributed by atoms with Crippen molar-refractivity contribution >= 4 is 0 Å². The zero-order valence-corrected chi connectivity index (χ0v) is 9.91. The Balaban J connectivity index is 2.51. The van der Waals surface area contributed by atoms with Crippen LogP contribution >= 0.6 is 0 Å². The van der Waals surface area contributed by atoms with E-state index < -0.39 is 0 Å². The summed E-state index contributed by atoms with van der Waals surface area (Å²) in [6.45, 7) is 2.03. The van der Waals surface area contributed by atoms with E-state index in [1.807, 2.05) is 19.1 Å². The van der Waals surface area contributed by atoms with Crippen LogP contribution in [0, 0.1) is 0 Å². The second-order valence-electron chi connectivity index (χ2n) is 2.78. The molecule has 0 bridgehead atoms. The van der Waals surface area contributed by atoms with Gasteiger partial charge in [0, 0.05) is 0 Å². The van der Waals surface area contributed by atoms with Gasteiger partial charge in [0.1, 0.15) is 0 Å². The van der Waals surface area contributed by atoms with E-state index in [2.05, 4.69) is 53.0 Å². The van der Waals surface area contributed by atoms with Gasteiger partial charge in [-0.3, -0.25) is 0 Å². The molecule has 1 aliphatic carbocycles. The first-order valence-electron chi connectivity index (χ1n) is 4.69. The Labute approximate surface area is 95.0 Å². The maximum absolute atomic E-state index is 2.29. The van der Waals surface area contributed by atoms with E-state index in [0.29, 0.717) is 0 Å². The average Bonchev–Trinajstić information content (AvgIpc) is 2.15. The third-order valence-corrected chi connectivity index (χ3v) is 3.25. The van der Waals surface area contributed by atoms with Gasteiger partial charge >= 0.3 is 95.1 Å². The second kappa shape index (κ2) is 7.55. The van der Waals surface area contributed by atoms with Crippen molar-refractivity contribution in [2.75, 3.05) is 0 Å². The van der Waals surface area contributed by atoms with Crippen molar-refractivity contribution in [2.45, 2.75) is 6.92 Å². The van der Waals surface area contributed by atoms with Crippen LogP contribution in [0.2, 0.25) is 0 Å². The molecule has 0 nitrogen and oxygen atoms in total. The molecule has 0 N–H and O–H groups in total. The molecule has 0 aromatic rings. The molecule has 0 unspecified atom stereocenters. The molecule has 1 rings (SSSR count). The molecule has 0 radical (unpaired) electrons. The van der Waals surface area contributed by atoms with Gasteiger partial charge in [0.15, 0.2) is 0 Å². The van der Waals surface area contributed by atoms with E-state index in [9.17, 15) is 0 Å². The summed E-state index contributed by atoms with van der Waals surface area (Å²) in [5.74, 6) is 0. The minimum absolute atomic E-state index is 0.113. The van der Waals surface area contributed by atoms with Crippen LogP contribution in [0.1, 0.15) is 6.92 Å². The standard InChI is InChI=1S/C8H7.C5H7.Ti/c1-2-4-6-8-7-5-3-1;1-3-5-4-2;/h1-7H;1,3-5H,2H3;. The molecule has 70 valence electrons. The fourth-order valence-electron chi connectivity index (χ4n) is 0.974. The van der Waals surface area contributed by atoms with Crippen molar-refractivity contribution in [3.63, 3.8) is 0 Å². The van der Waals surface area contributed by atoms with Crippen LogP contribution in [0.3, 0.4) is 0 Å². The molecule has 0 aromatic heterocycles. The summed E-state index contributed by atoms with van der Waals surface area (Å²) >= 11 is -0.113. The van der Waals surface area contributed by atoms with Gasteiger partial charge in [-0.25, -0.2) is 0 Å². The topological polar surface area (TPSA) is 0 Å². The Hall–Kier alpha value is -0.846. The summed E-state index contributed by atoms with van der Waals surface area (Å²) in [5.41, 5.74) is 0. The summed E-state index contributed by atoms with van der Waals surface area (Å²) in [4.78, 5) is 0. The van der Waals surface area contributed by atoms with Gasteiger partial charge in [0.2, 0.25) is 0 Å². The van der Waals surface area contributed by atoms with E-state index in [1.165, 1.54) is 3.88 Å². The van der Waals surface area contributed by atoms with Crippen LogP contribution in [-0.4, -0.2) is 0 Å². The van der Waals surface area contributed by atoms with Crippen molar-refractivity contribution in [3.05, 3.63) is 69.0 Å². The van der Waals surface area contributed by atoms with Crippen LogP contribution in [-0.2, 0) is 19.2 Å². The molecule has 0 saturated heterocycles. The maximum atomic E-state index is 2.29. The summed E-state index contributed by atoms with van der Waals surface area (Å²) in [7, 11) is 0. The Morgan fingerprint density at radius 1 is 1.00 bits per heavy atom. The average molecular weight is 218 g/mol. The monoisotopic (exact) mass is 218 g/mol. The predicted octanol–water partition coefficient (Wildman–Crippen LogP) is 3.72. The SMILES string of the molecule is CC=CC=[CH][Ti][C]1=CC=CC=CC=C1. The normalized spacial score (nSPS) is 15.9. The molecule has 1 aliphatic rings. The van der Waals surface area contributed by atoms with Gasteiger partial charge in [-0.05, 0) is 0 Å². The quantitative estimate of drug-likeness (QED) is 0.500. The first kappa shape index (κ1) is 11.2. The zero-order valence-electron chi connectivity index (χ0n) is 8.35. The first-order valence-corrected chi connectivity index (χ1v) is 6.38. The molecule has 0 fully saturated rings. The number of hydrogen-bond donors (Lipinski definition) is 0. The summed E-state index contributed by atoms with van der Waals surface area (Å²) in [6.07, 6.45) is 21.0. The Morgan fingerprint density at radius 3 is 2.64 bits per heavy atom. The van der Waals surface area contributed by atoms with E-state index in [1.54, 1.807) is 0 Å². The molecule has 0 saturated carbocycles. The summed E-state index contributed by atoms with van der Waals surface area (Å²) < 4.78 is 3.74. The van der Waals surface area contributed by atoms with Crippen molar-refractivity contribution in [2.24, 2.45) is 0 Å². The zero-order chi connectivity index (χ0) is 10.1. The van der Waals surface area contributed by atoms with Gasteiger partial charge in [-0.15, -0.1) is 0 Å². The van der Waals surface area contributed by atoms with Crippen LogP contribution in [0.15, 0.2) is 69.0 Å². The van der Waals surface area contributed by atoms with Gasteiger partial charge in [0.25, 0.3) is 0 Å². The number of allylic oxidation sites excluding steroid dienone is 11. The Bertz CT molecular complexity index is 325. The van der Waals surface area contributed by atoms with Crippen LogP contribution in [0.4, 0.5) is 0 Å². The molecule has 1 heteroatoms. The molecule has 0 aromatic carbocycles. The molecular formula is C13H14Ti. The van der Waals surface area contributed by atoms with Crippen LogP contribution < -0.4 is 0 Å². The molecule has 0 aliphatic heterocycles. The van der Waals surface area contributed by atoms with E-state index in [0.717, 1.165) is 0 Å². The van der Waals surface area contributed by atoms with Gasteiger partial charge in [-0.1, -0.05) is 0 Å². The first-order chi connectivity index (χ1) is 6.93. The van der Waals surface area contributed by atoms with Crippen LogP contribution in [0.25, 0.3) is 0 Å². The van der Waals surface area contributed by atoms with E-state index in [-0.39, 0.29) is 19.2 Å². The fraction of sp³-hybridized carbons (Fsp3) is 0.0769. The van der Waals surface area contributed by atoms with Gasteiger partial charge < -0.3 is 0 Å². The Kier molecular flexibility index (Phi) is 6.05. The molecule has 0 amide bonds. The predicted molar refractivity (Wildman–Crippen MR) is 59.5 cm³/mol. The second-order valence-corrected chi connectivity index (χ2v) is 4.65. The van der Waals surface area contributed by atoms with Crippen molar-refractivity contribution in [1.29, 1.82) is 0 Å². The summed E-state index contributed by atoms with van der Waals surface area (Å²) in [5, 5.41) is 0. The van der Waals surface area contributed by atoms with Gasteiger partial charge in [0.05, 0.1) is 0 Å². The van der Waals surface area contributed by atoms with Crippen molar-refractivity contribution in [1.82, 2.24) is 0 Å². The third kappa shape index (κ3) is 5.01. The molecule has 14 heavy (non-hydrogen) atoms. The molecule has 0 heterocycles. The molecule has 0 atom stereocenters. The van der Waals surface area contributed by atoms with Crippen molar-refractivity contribution in [3.8, 4) is 0 Å². The number of hydrogen-bond acceptors (Lipinski definition) is 0. The van der Waals surface area contributed by atoms with Crippen LogP contribution in [0.5, 0.6) is 0 Å². The third-order valence-electron chi connectivity index (χ3n) is 1.65. The van der Waals surface area contributed by atoms with E-state index >= 15 is 0 Å². The Morgan fingerprint density at radius 2 is 1.79 bits per heavy atom. The fourth-order valence-corrected chi connectivity index (χ4v) is 2.20. The number of rotatable bonds is 3. The minimum atomic E-state index is -0.113. The van der Waals surface area contributed by atoms with E-state index in [4.69, 9.17) is 0 Å². The summed E-state index contributed by atoms with van der Waals surface area (Å²) in [6, 6.07) is 0. The van der Waals surface area contributed by atoms with Crippen molar-refractivity contribution < 1.29 is 19.2 Å². The molecule has 0 spiro atoms. The molecular weight excluding hydrogens is 204 g/mol.